The fraction of sp³-hybridized carbons (Fsp3) is 0.176. The van der Waals surface area contributed by atoms with Crippen molar-refractivity contribution in [3.05, 3.63) is 59.7 Å². The lowest BCUT2D eigenvalue weighted by atomic mass is 10.2. The number of rotatable bonds is 4. The molecule has 0 spiro atoms. The highest BCUT2D eigenvalue weighted by Gasteiger charge is 2.21. The minimum atomic E-state index is -0.117. The maximum atomic E-state index is 5.46. The van der Waals surface area contributed by atoms with Crippen molar-refractivity contribution in [2.45, 2.75) is 19.9 Å². The first kappa shape index (κ1) is 14.8. The van der Waals surface area contributed by atoms with Gasteiger partial charge < -0.3 is 9.09 Å². The number of hydrogen-bond acceptors (Lipinski definition) is 6. The van der Waals surface area contributed by atoms with Gasteiger partial charge in [0, 0.05) is 18.6 Å². The summed E-state index contributed by atoms with van der Waals surface area (Å²) in [6, 6.07) is 7.59. The summed E-state index contributed by atoms with van der Waals surface area (Å²) in [5.41, 5.74) is 1.90. The van der Waals surface area contributed by atoms with Crippen LogP contribution in [-0.2, 0) is 0 Å². The first-order valence-electron chi connectivity index (χ1n) is 7.56. The maximum Gasteiger partial charge on any atom is 0.249 e. The molecule has 0 bridgehead atoms. The molecule has 4 aromatic heterocycles. The van der Waals surface area contributed by atoms with Crippen LogP contribution in [0.3, 0.4) is 0 Å². The zero-order valence-corrected chi connectivity index (χ0v) is 14.1. The van der Waals surface area contributed by atoms with Gasteiger partial charge in [-0.2, -0.15) is 4.98 Å². The summed E-state index contributed by atoms with van der Waals surface area (Å²) in [5, 5.41) is 6.12. The molecule has 0 aromatic carbocycles. The molecule has 24 heavy (non-hydrogen) atoms. The Hall–Kier alpha value is -2.80. The Morgan fingerprint density at radius 2 is 2.08 bits per heavy atom. The molecular weight excluding hydrogens is 322 g/mol. The smallest absolute Gasteiger partial charge is 0.249 e. The molecule has 0 saturated heterocycles. The average molecular weight is 337 g/mol. The third-order valence-electron chi connectivity index (χ3n) is 3.84. The number of aromatic nitrogens is 5. The van der Waals surface area contributed by atoms with Crippen molar-refractivity contribution in [1.82, 2.24) is 24.7 Å². The number of aryl methyl sites for hydroxylation is 1. The van der Waals surface area contributed by atoms with Crippen LogP contribution < -0.4 is 0 Å². The van der Waals surface area contributed by atoms with Gasteiger partial charge in [0.1, 0.15) is 11.7 Å². The van der Waals surface area contributed by atoms with Gasteiger partial charge in [0.05, 0.1) is 4.88 Å². The monoisotopic (exact) mass is 337 g/mol. The van der Waals surface area contributed by atoms with Crippen LogP contribution in [0.25, 0.3) is 22.2 Å². The van der Waals surface area contributed by atoms with Gasteiger partial charge in [-0.25, -0.2) is 4.98 Å². The van der Waals surface area contributed by atoms with Gasteiger partial charge in [-0.05, 0) is 43.0 Å². The van der Waals surface area contributed by atoms with Crippen molar-refractivity contribution in [2.24, 2.45) is 0 Å². The number of imidazole rings is 1. The Bertz CT molecular complexity index is 956. The first-order valence-corrected chi connectivity index (χ1v) is 8.44. The van der Waals surface area contributed by atoms with Gasteiger partial charge in [-0.15, -0.1) is 11.3 Å². The maximum absolute atomic E-state index is 5.46. The second-order valence-corrected chi connectivity index (χ2v) is 6.35. The highest BCUT2D eigenvalue weighted by Crippen LogP contribution is 2.31. The normalized spacial score (nSPS) is 12.4. The molecule has 0 aliphatic rings. The van der Waals surface area contributed by atoms with Crippen LogP contribution in [0.4, 0.5) is 0 Å². The molecule has 7 heteroatoms. The molecule has 0 aliphatic heterocycles. The fourth-order valence-corrected chi connectivity index (χ4v) is 3.45. The van der Waals surface area contributed by atoms with E-state index in [4.69, 9.17) is 4.52 Å². The van der Waals surface area contributed by atoms with Crippen molar-refractivity contribution >= 4 is 11.3 Å². The minimum Gasteiger partial charge on any atom is -0.337 e. The lowest BCUT2D eigenvalue weighted by Gasteiger charge is -2.12. The molecule has 0 N–H and O–H groups in total. The third kappa shape index (κ3) is 2.52. The number of hydrogen-bond donors (Lipinski definition) is 0. The van der Waals surface area contributed by atoms with Crippen LogP contribution in [0.15, 0.2) is 52.8 Å². The molecule has 0 saturated carbocycles. The summed E-state index contributed by atoms with van der Waals surface area (Å²) in [7, 11) is 0. The molecule has 0 amide bonds. The van der Waals surface area contributed by atoms with E-state index in [0.717, 1.165) is 10.7 Å². The standard InChI is InChI=1S/C17H15N5OS/c1-11-6-10-24-14(11)16-19-8-9-22(16)12(2)17-20-15(21-23-17)13-5-3-4-7-18-13/h3-10,12H,1-2H3. The predicted molar refractivity (Wildman–Crippen MR) is 91.6 cm³/mol. The zero-order valence-electron chi connectivity index (χ0n) is 13.2. The molecule has 4 heterocycles. The number of pyridine rings is 1. The van der Waals surface area contributed by atoms with Crippen LogP contribution in [0.2, 0.25) is 0 Å². The quantitative estimate of drug-likeness (QED) is 0.563. The predicted octanol–water partition coefficient (Wildman–Crippen LogP) is 3.97. The summed E-state index contributed by atoms with van der Waals surface area (Å²) in [4.78, 5) is 14.4. The Balaban J connectivity index is 1.69. The van der Waals surface area contributed by atoms with E-state index in [-0.39, 0.29) is 6.04 Å². The Morgan fingerprint density at radius 3 is 2.83 bits per heavy atom. The van der Waals surface area contributed by atoms with E-state index in [1.165, 1.54) is 5.56 Å². The Labute approximate surface area is 142 Å². The molecule has 0 fully saturated rings. The molecule has 0 radical (unpaired) electrons. The topological polar surface area (TPSA) is 69.6 Å². The molecule has 120 valence electrons. The molecule has 1 unspecified atom stereocenters. The SMILES string of the molecule is Cc1ccsc1-c1nccn1C(C)c1nc(-c2ccccn2)no1. The Kier molecular flexibility index (Phi) is 3.70. The minimum absolute atomic E-state index is 0.117. The molecule has 6 nitrogen and oxygen atoms in total. The van der Waals surface area contributed by atoms with E-state index in [0.29, 0.717) is 17.4 Å². The van der Waals surface area contributed by atoms with Gasteiger partial charge in [0.25, 0.3) is 0 Å². The molecule has 4 aromatic rings. The lowest BCUT2D eigenvalue weighted by molar-refractivity contribution is 0.346. The molecular formula is C17H15N5OS. The summed E-state index contributed by atoms with van der Waals surface area (Å²) in [5.74, 6) is 1.93. The zero-order chi connectivity index (χ0) is 16.5. The third-order valence-corrected chi connectivity index (χ3v) is 4.86. The van der Waals surface area contributed by atoms with Crippen LogP contribution >= 0.6 is 11.3 Å². The van der Waals surface area contributed by atoms with Crippen molar-refractivity contribution in [3.63, 3.8) is 0 Å². The Morgan fingerprint density at radius 1 is 1.17 bits per heavy atom. The van der Waals surface area contributed by atoms with Crippen molar-refractivity contribution < 1.29 is 4.52 Å². The van der Waals surface area contributed by atoms with Gasteiger partial charge >= 0.3 is 0 Å². The van der Waals surface area contributed by atoms with Gasteiger partial charge in [0.15, 0.2) is 5.82 Å². The molecule has 1 atom stereocenters. The van der Waals surface area contributed by atoms with Crippen molar-refractivity contribution in [3.8, 4) is 22.2 Å². The van der Waals surface area contributed by atoms with Crippen LogP contribution in [0.1, 0.15) is 24.4 Å². The fourth-order valence-electron chi connectivity index (χ4n) is 2.53. The summed E-state index contributed by atoms with van der Waals surface area (Å²) in [6.45, 7) is 4.10. The van der Waals surface area contributed by atoms with Crippen LogP contribution in [0.5, 0.6) is 0 Å². The summed E-state index contributed by atoms with van der Waals surface area (Å²) in [6.07, 6.45) is 5.44. The second kappa shape index (κ2) is 6.01. The van der Waals surface area contributed by atoms with Crippen molar-refractivity contribution in [1.29, 1.82) is 0 Å². The highest BCUT2D eigenvalue weighted by molar-refractivity contribution is 7.13. The number of thiophene rings is 1. The summed E-state index contributed by atoms with van der Waals surface area (Å²) < 4.78 is 7.51. The molecule has 0 aliphatic carbocycles. The summed E-state index contributed by atoms with van der Waals surface area (Å²) >= 11 is 1.68. The van der Waals surface area contributed by atoms with Gasteiger partial charge in [0.2, 0.25) is 11.7 Å². The van der Waals surface area contributed by atoms with E-state index < -0.39 is 0 Å². The van der Waals surface area contributed by atoms with E-state index in [1.54, 1.807) is 23.7 Å². The van der Waals surface area contributed by atoms with E-state index in [1.807, 2.05) is 31.3 Å². The van der Waals surface area contributed by atoms with Crippen LogP contribution in [-0.4, -0.2) is 24.7 Å². The largest absolute Gasteiger partial charge is 0.337 e. The van der Waals surface area contributed by atoms with Gasteiger partial charge in [-0.1, -0.05) is 11.2 Å². The van der Waals surface area contributed by atoms with Crippen LogP contribution in [0, 0.1) is 6.92 Å². The highest BCUT2D eigenvalue weighted by atomic mass is 32.1. The average Bonchev–Trinajstić information content (AvgIpc) is 3.35. The van der Waals surface area contributed by atoms with E-state index in [9.17, 15) is 0 Å². The van der Waals surface area contributed by atoms with E-state index >= 15 is 0 Å². The molecule has 4 rings (SSSR count). The van der Waals surface area contributed by atoms with Crippen molar-refractivity contribution in [2.75, 3.05) is 0 Å². The van der Waals surface area contributed by atoms with Gasteiger partial charge in [-0.3, -0.25) is 4.98 Å². The first-order chi connectivity index (χ1) is 11.7. The lowest BCUT2D eigenvalue weighted by Crippen LogP contribution is -2.08. The number of nitrogens with zero attached hydrogens (tertiary/aromatic N) is 5. The van der Waals surface area contributed by atoms with E-state index in [2.05, 4.69) is 43.0 Å². The second-order valence-electron chi connectivity index (χ2n) is 5.44.